The van der Waals surface area contributed by atoms with Gasteiger partial charge in [-0.05, 0) is 46.4 Å². The lowest BCUT2D eigenvalue weighted by molar-refractivity contribution is -0.183. The third-order valence-corrected chi connectivity index (χ3v) is 4.12. The van der Waals surface area contributed by atoms with Crippen molar-refractivity contribution in [1.82, 2.24) is 0 Å². The van der Waals surface area contributed by atoms with Gasteiger partial charge in [-0.2, -0.15) is 22.0 Å². The number of alkyl halides is 5. The average Bonchev–Trinajstić information content (AvgIpc) is 2.59. The molecule has 1 N–H and O–H groups in total. The first-order valence-electron chi connectivity index (χ1n) is 7.18. The molecule has 0 saturated heterocycles. The number of rotatable bonds is 5. The van der Waals surface area contributed by atoms with Crippen LogP contribution in [0.25, 0.3) is 0 Å². The molecule has 0 aliphatic rings. The summed E-state index contributed by atoms with van der Waals surface area (Å²) in [5, 5.41) is 8.75. The Labute approximate surface area is 163 Å². The smallest absolute Gasteiger partial charge is 0.417 e. The maximum absolute atomic E-state index is 14.1. The summed E-state index contributed by atoms with van der Waals surface area (Å²) in [5.41, 5.74) is -2.74. The number of hydrogen-bond acceptors (Lipinski definition) is 3. The van der Waals surface area contributed by atoms with E-state index in [-0.39, 0.29) is 9.13 Å². The van der Waals surface area contributed by atoms with E-state index in [4.69, 9.17) is 5.11 Å². The topological polar surface area (TPSA) is 63.6 Å². The van der Waals surface area contributed by atoms with Crippen LogP contribution in [0.4, 0.5) is 22.0 Å². The van der Waals surface area contributed by atoms with Gasteiger partial charge in [-0.3, -0.25) is 0 Å². The first-order chi connectivity index (χ1) is 12.4. The van der Waals surface area contributed by atoms with Gasteiger partial charge >= 0.3 is 24.0 Å². The molecule has 2 aromatic rings. The fraction of sp³-hybridized carbons (Fsp3) is 0.176. The summed E-state index contributed by atoms with van der Waals surface area (Å²) < 4.78 is 72.3. The third-order valence-electron chi connectivity index (χ3n) is 3.45. The lowest BCUT2D eigenvalue weighted by Gasteiger charge is -2.24. The Kier molecular flexibility index (Phi) is 6.07. The second-order valence-corrected chi connectivity index (χ2v) is 6.56. The molecule has 1 atom stereocenters. The van der Waals surface area contributed by atoms with Gasteiger partial charge in [0.25, 0.3) is 0 Å². The van der Waals surface area contributed by atoms with Gasteiger partial charge in [0.2, 0.25) is 6.10 Å². The standard InChI is InChI=1S/C17H10F5IO4/c18-16(19,15(25)26)13(9-4-2-1-3-5-9)27-14(24)11-7-6-10(23)8-12(11)17(20,21)22/h1-8,13H,(H,25,26). The van der Waals surface area contributed by atoms with E-state index >= 15 is 0 Å². The molecular formula is C17H10F5IO4. The monoisotopic (exact) mass is 500 g/mol. The van der Waals surface area contributed by atoms with E-state index in [1.807, 2.05) is 0 Å². The highest BCUT2D eigenvalue weighted by Crippen LogP contribution is 2.38. The predicted molar refractivity (Wildman–Crippen MR) is 91.3 cm³/mol. The van der Waals surface area contributed by atoms with Crippen LogP contribution in [0.1, 0.15) is 27.6 Å². The Morgan fingerprint density at radius 1 is 1.00 bits per heavy atom. The Bertz CT molecular complexity index is 852. The van der Waals surface area contributed by atoms with E-state index in [0.29, 0.717) is 6.07 Å². The molecular weight excluding hydrogens is 490 g/mol. The summed E-state index contributed by atoms with van der Waals surface area (Å²) in [5.74, 6) is -8.85. The van der Waals surface area contributed by atoms with Gasteiger partial charge in [-0.15, -0.1) is 0 Å². The van der Waals surface area contributed by atoms with Gasteiger partial charge in [-0.25, -0.2) is 9.59 Å². The molecule has 0 bridgehead atoms. The van der Waals surface area contributed by atoms with Crippen LogP contribution in [0.5, 0.6) is 0 Å². The van der Waals surface area contributed by atoms with Gasteiger partial charge in [-0.1, -0.05) is 30.3 Å². The van der Waals surface area contributed by atoms with Crippen molar-refractivity contribution in [3.05, 3.63) is 68.8 Å². The minimum Gasteiger partial charge on any atom is -0.477 e. The zero-order valence-electron chi connectivity index (χ0n) is 13.1. The van der Waals surface area contributed by atoms with Crippen LogP contribution >= 0.6 is 22.6 Å². The minimum atomic E-state index is -4.94. The van der Waals surface area contributed by atoms with E-state index in [0.717, 1.165) is 18.2 Å². The van der Waals surface area contributed by atoms with E-state index in [1.165, 1.54) is 24.3 Å². The minimum absolute atomic E-state index is 0.159. The molecule has 0 saturated carbocycles. The Hall–Kier alpha value is -2.24. The van der Waals surface area contributed by atoms with E-state index in [1.54, 1.807) is 22.6 Å². The highest BCUT2D eigenvalue weighted by atomic mass is 127. The van der Waals surface area contributed by atoms with Crippen molar-refractivity contribution < 1.29 is 41.4 Å². The maximum Gasteiger partial charge on any atom is 0.417 e. The number of esters is 1. The lowest BCUT2D eigenvalue weighted by atomic mass is 10.0. The van der Waals surface area contributed by atoms with Gasteiger partial charge in [0, 0.05) is 3.57 Å². The zero-order valence-corrected chi connectivity index (χ0v) is 15.3. The first kappa shape index (κ1) is 21.1. The second kappa shape index (κ2) is 7.79. The summed E-state index contributed by atoms with van der Waals surface area (Å²) in [7, 11) is 0. The lowest BCUT2D eigenvalue weighted by Crippen LogP contribution is -2.38. The van der Waals surface area contributed by atoms with Crippen molar-refractivity contribution in [1.29, 1.82) is 0 Å². The molecule has 0 aliphatic carbocycles. The second-order valence-electron chi connectivity index (χ2n) is 5.31. The van der Waals surface area contributed by atoms with Crippen molar-refractivity contribution in [3.63, 3.8) is 0 Å². The van der Waals surface area contributed by atoms with E-state index in [2.05, 4.69) is 4.74 Å². The van der Waals surface area contributed by atoms with E-state index < -0.39 is 41.3 Å². The molecule has 0 amide bonds. The molecule has 0 heterocycles. The molecule has 0 aliphatic heterocycles. The number of benzene rings is 2. The number of hydrogen-bond donors (Lipinski definition) is 1. The third kappa shape index (κ3) is 4.73. The van der Waals surface area contributed by atoms with Gasteiger partial charge in [0.05, 0.1) is 11.1 Å². The van der Waals surface area contributed by atoms with Crippen molar-refractivity contribution in [3.8, 4) is 0 Å². The van der Waals surface area contributed by atoms with Gasteiger partial charge in [0.15, 0.2) is 0 Å². The number of ether oxygens (including phenoxy) is 1. The normalized spacial score (nSPS) is 13.1. The molecule has 4 nitrogen and oxygen atoms in total. The molecule has 2 rings (SSSR count). The Morgan fingerprint density at radius 2 is 1.59 bits per heavy atom. The quantitative estimate of drug-likeness (QED) is 0.360. The SMILES string of the molecule is O=C(OC(c1ccccc1)C(F)(F)C(=O)O)c1ccc(I)cc1C(F)(F)F. The Balaban J connectivity index is 2.48. The first-order valence-corrected chi connectivity index (χ1v) is 8.26. The molecule has 27 heavy (non-hydrogen) atoms. The van der Waals surface area contributed by atoms with Crippen LogP contribution in [-0.2, 0) is 15.7 Å². The fourth-order valence-electron chi connectivity index (χ4n) is 2.19. The molecule has 0 fully saturated rings. The Morgan fingerprint density at radius 3 is 2.11 bits per heavy atom. The maximum atomic E-state index is 14.1. The number of aliphatic carboxylic acids is 1. The van der Waals surface area contributed by atoms with Crippen molar-refractivity contribution in [2.75, 3.05) is 0 Å². The van der Waals surface area contributed by atoms with Crippen molar-refractivity contribution in [2.24, 2.45) is 0 Å². The zero-order chi connectivity index (χ0) is 20.4. The molecule has 144 valence electrons. The highest BCUT2D eigenvalue weighted by Gasteiger charge is 2.51. The molecule has 2 aromatic carbocycles. The van der Waals surface area contributed by atoms with Crippen molar-refractivity contribution in [2.45, 2.75) is 18.2 Å². The highest BCUT2D eigenvalue weighted by molar-refractivity contribution is 14.1. The number of carbonyl (C=O) groups excluding carboxylic acids is 1. The summed E-state index contributed by atoms with van der Waals surface area (Å²) in [6.45, 7) is 0. The van der Waals surface area contributed by atoms with Crippen LogP contribution in [0.3, 0.4) is 0 Å². The number of carbonyl (C=O) groups is 2. The van der Waals surface area contributed by atoms with Gasteiger partial charge < -0.3 is 9.84 Å². The number of carboxylic acids is 1. The summed E-state index contributed by atoms with van der Waals surface area (Å²) in [6.07, 6.45) is -7.54. The molecule has 0 radical (unpaired) electrons. The number of halogens is 6. The van der Waals surface area contributed by atoms with Crippen molar-refractivity contribution >= 4 is 34.5 Å². The van der Waals surface area contributed by atoms with Crippen LogP contribution < -0.4 is 0 Å². The number of carboxylic acid groups (broad SMARTS) is 1. The molecule has 1 unspecified atom stereocenters. The van der Waals surface area contributed by atoms with Gasteiger partial charge in [0.1, 0.15) is 0 Å². The largest absolute Gasteiger partial charge is 0.477 e. The van der Waals surface area contributed by atoms with Crippen LogP contribution in [0.2, 0.25) is 0 Å². The van der Waals surface area contributed by atoms with Crippen LogP contribution in [-0.4, -0.2) is 23.0 Å². The summed E-state index contributed by atoms with van der Waals surface area (Å²) >= 11 is 1.59. The molecule has 0 spiro atoms. The van der Waals surface area contributed by atoms with Crippen LogP contribution in [0, 0.1) is 3.57 Å². The average molecular weight is 500 g/mol. The molecule has 10 heteroatoms. The summed E-state index contributed by atoms with van der Waals surface area (Å²) in [6, 6.07) is 8.79. The van der Waals surface area contributed by atoms with Crippen LogP contribution in [0.15, 0.2) is 48.5 Å². The summed E-state index contributed by atoms with van der Waals surface area (Å²) in [4.78, 5) is 23.1. The fourth-order valence-corrected chi connectivity index (χ4v) is 2.68. The van der Waals surface area contributed by atoms with E-state index in [9.17, 15) is 31.5 Å². The molecule has 0 aromatic heterocycles. The predicted octanol–water partition coefficient (Wildman–Crippen LogP) is 4.93.